The lowest BCUT2D eigenvalue weighted by Crippen LogP contribution is -2.36. The second kappa shape index (κ2) is 8.63. The van der Waals surface area contributed by atoms with Crippen LogP contribution in [-0.4, -0.2) is 52.2 Å². The summed E-state index contributed by atoms with van der Waals surface area (Å²) in [5, 5.41) is 3.01. The maximum absolute atomic E-state index is 12.5. The van der Waals surface area contributed by atoms with Crippen LogP contribution in [0.5, 0.6) is 11.5 Å². The Bertz CT molecular complexity index is 487. The Kier molecular flexibility index (Phi) is 7.18. The maximum Gasteiger partial charge on any atom is 0.227 e. The van der Waals surface area contributed by atoms with Gasteiger partial charge in [0.15, 0.2) is 11.5 Å². The Morgan fingerprint density at radius 1 is 1.18 bits per heavy atom. The van der Waals surface area contributed by atoms with E-state index in [1.165, 1.54) is 0 Å². The molecule has 0 aliphatic carbocycles. The van der Waals surface area contributed by atoms with Gasteiger partial charge in [0, 0.05) is 13.1 Å². The largest absolute Gasteiger partial charge is 0.493 e. The number of nitrogens with one attached hydrogen (secondary N) is 1. The average molecular weight is 308 g/mol. The highest BCUT2D eigenvalue weighted by atomic mass is 16.5. The summed E-state index contributed by atoms with van der Waals surface area (Å²) in [6, 6.07) is 5.66. The third-order valence-corrected chi connectivity index (χ3v) is 3.57. The summed E-state index contributed by atoms with van der Waals surface area (Å²) in [5.74, 6) is 1.34. The van der Waals surface area contributed by atoms with Crippen LogP contribution in [0.3, 0.4) is 0 Å². The van der Waals surface area contributed by atoms with Gasteiger partial charge in [-0.25, -0.2) is 0 Å². The molecule has 1 aromatic carbocycles. The van der Waals surface area contributed by atoms with E-state index < -0.39 is 0 Å². The predicted molar refractivity (Wildman–Crippen MR) is 88.7 cm³/mol. The molecule has 124 valence electrons. The molecule has 1 atom stereocenters. The van der Waals surface area contributed by atoms with E-state index in [2.05, 4.69) is 5.32 Å². The van der Waals surface area contributed by atoms with Crippen molar-refractivity contribution in [2.45, 2.75) is 19.8 Å². The number of hydrogen-bond acceptors (Lipinski definition) is 4. The highest BCUT2D eigenvalue weighted by Gasteiger charge is 2.25. The molecule has 0 spiro atoms. The van der Waals surface area contributed by atoms with Gasteiger partial charge in [0.25, 0.3) is 0 Å². The molecule has 1 N–H and O–H groups in total. The summed E-state index contributed by atoms with van der Waals surface area (Å²) >= 11 is 0. The molecular formula is C17H28N2O3. The van der Waals surface area contributed by atoms with Crippen LogP contribution in [0.2, 0.25) is 0 Å². The fourth-order valence-corrected chi connectivity index (χ4v) is 2.40. The van der Waals surface area contributed by atoms with E-state index in [1.807, 2.05) is 51.0 Å². The normalized spacial score (nSPS) is 12.4. The number of likely N-dealkylation sites (N-methyl/N-ethyl adjacent to an activating group) is 1. The van der Waals surface area contributed by atoms with Gasteiger partial charge < -0.3 is 19.7 Å². The molecule has 0 aromatic heterocycles. The molecule has 0 aliphatic heterocycles. The summed E-state index contributed by atoms with van der Waals surface area (Å²) in [5.41, 5.74) is 0.940. The number of benzene rings is 1. The molecule has 0 aliphatic rings. The monoisotopic (exact) mass is 308 g/mol. The van der Waals surface area contributed by atoms with E-state index in [1.54, 1.807) is 14.2 Å². The quantitative estimate of drug-likeness (QED) is 0.799. The van der Waals surface area contributed by atoms with Crippen molar-refractivity contribution < 1.29 is 14.3 Å². The van der Waals surface area contributed by atoms with Crippen LogP contribution in [0.25, 0.3) is 0 Å². The topological polar surface area (TPSA) is 50.8 Å². The summed E-state index contributed by atoms with van der Waals surface area (Å²) in [6.07, 6.45) is 0. The van der Waals surface area contributed by atoms with Crippen LogP contribution in [0.4, 0.5) is 0 Å². The van der Waals surface area contributed by atoms with Crippen LogP contribution in [0.15, 0.2) is 18.2 Å². The minimum Gasteiger partial charge on any atom is -0.493 e. The zero-order valence-corrected chi connectivity index (χ0v) is 14.5. The number of amides is 1. The molecule has 5 heteroatoms. The molecule has 1 aromatic rings. The fourth-order valence-electron chi connectivity index (χ4n) is 2.40. The van der Waals surface area contributed by atoms with Gasteiger partial charge in [-0.1, -0.05) is 19.9 Å². The molecule has 0 bridgehead atoms. The van der Waals surface area contributed by atoms with Crippen molar-refractivity contribution in [1.29, 1.82) is 0 Å². The Labute approximate surface area is 133 Å². The van der Waals surface area contributed by atoms with Crippen LogP contribution >= 0.6 is 0 Å². The Morgan fingerprint density at radius 3 is 2.32 bits per heavy atom. The fraction of sp³-hybridized carbons (Fsp3) is 0.588. The molecule has 1 amide bonds. The van der Waals surface area contributed by atoms with E-state index in [0.29, 0.717) is 18.0 Å². The lowest BCUT2D eigenvalue weighted by Gasteiger charge is -2.22. The first kappa shape index (κ1) is 18.3. The lowest BCUT2D eigenvalue weighted by molar-refractivity contribution is -0.123. The first-order valence-corrected chi connectivity index (χ1v) is 7.55. The summed E-state index contributed by atoms with van der Waals surface area (Å²) in [7, 11) is 7.18. The number of methoxy groups -OCH3 is 2. The molecule has 22 heavy (non-hydrogen) atoms. The van der Waals surface area contributed by atoms with Gasteiger partial charge in [-0.3, -0.25) is 4.79 Å². The standard InChI is InChI=1S/C17H28N2O3/c1-12(2)16(17(20)18-9-10-19(3)4)13-7-8-14(21-5)15(11-13)22-6/h7-8,11-12,16H,9-10H2,1-6H3,(H,18,20). The number of nitrogens with zero attached hydrogens (tertiary/aromatic N) is 1. The van der Waals surface area contributed by atoms with E-state index in [-0.39, 0.29) is 17.7 Å². The molecule has 0 saturated heterocycles. The summed E-state index contributed by atoms with van der Waals surface area (Å²) in [4.78, 5) is 14.6. The molecular weight excluding hydrogens is 280 g/mol. The minimum absolute atomic E-state index is 0.0454. The molecule has 0 saturated carbocycles. The molecule has 1 unspecified atom stereocenters. The summed E-state index contributed by atoms with van der Waals surface area (Å²) < 4.78 is 10.6. The number of ether oxygens (including phenoxy) is 2. The Balaban J connectivity index is 2.93. The number of carbonyl (C=O) groups is 1. The second-order valence-corrected chi connectivity index (χ2v) is 5.93. The molecule has 1 rings (SSSR count). The van der Waals surface area contributed by atoms with E-state index >= 15 is 0 Å². The number of rotatable bonds is 8. The highest BCUT2D eigenvalue weighted by Crippen LogP contribution is 2.33. The second-order valence-electron chi connectivity index (χ2n) is 5.93. The van der Waals surface area contributed by atoms with Crippen molar-refractivity contribution in [3.05, 3.63) is 23.8 Å². The number of hydrogen-bond donors (Lipinski definition) is 1. The van der Waals surface area contributed by atoms with Crippen LogP contribution < -0.4 is 14.8 Å². The van der Waals surface area contributed by atoms with Crippen molar-refractivity contribution in [2.75, 3.05) is 41.4 Å². The van der Waals surface area contributed by atoms with Gasteiger partial charge in [0.1, 0.15) is 0 Å². The smallest absolute Gasteiger partial charge is 0.227 e. The highest BCUT2D eigenvalue weighted by molar-refractivity contribution is 5.84. The lowest BCUT2D eigenvalue weighted by atomic mass is 9.87. The van der Waals surface area contributed by atoms with Crippen molar-refractivity contribution in [2.24, 2.45) is 5.92 Å². The average Bonchev–Trinajstić information content (AvgIpc) is 2.46. The van der Waals surface area contributed by atoms with Crippen LogP contribution in [-0.2, 0) is 4.79 Å². The molecule has 0 heterocycles. The third kappa shape index (κ3) is 4.91. The first-order chi connectivity index (χ1) is 10.4. The Morgan fingerprint density at radius 2 is 1.82 bits per heavy atom. The van der Waals surface area contributed by atoms with Crippen molar-refractivity contribution in [3.8, 4) is 11.5 Å². The number of carbonyl (C=O) groups excluding carboxylic acids is 1. The molecule has 0 radical (unpaired) electrons. The SMILES string of the molecule is COc1ccc(C(C(=O)NCCN(C)C)C(C)C)cc1OC. The van der Waals surface area contributed by atoms with Gasteiger partial charge >= 0.3 is 0 Å². The van der Waals surface area contributed by atoms with E-state index in [0.717, 1.165) is 12.1 Å². The third-order valence-electron chi connectivity index (χ3n) is 3.57. The van der Waals surface area contributed by atoms with Crippen molar-refractivity contribution >= 4 is 5.91 Å². The predicted octanol–water partition coefficient (Wildman–Crippen LogP) is 2.12. The van der Waals surface area contributed by atoms with Gasteiger partial charge in [-0.15, -0.1) is 0 Å². The van der Waals surface area contributed by atoms with E-state index in [4.69, 9.17) is 9.47 Å². The molecule has 5 nitrogen and oxygen atoms in total. The van der Waals surface area contributed by atoms with Gasteiger partial charge in [-0.05, 0) is 37.7 Å². The van der Waals surface area contributed by atoms with Gasteiger partial charge in [0.05, 0.1) is 20.1 Å². The zero-order chi connectivity index (χ0) is 16.7. The first-order valence-electron chi connectivity index (χ1n) is 7.55. The Hall–Kier alpha value is -1.75. The maximum atomic E-state index is 12.5. The van der Waals surface area contributed by atoms with Crippen LogP contribution in [0.1, 0.15) is 25.3 Å². The van der Waals surface area contributed by atoms with Crippen molar-refractivity contribution in [1.82, 2.24) is 10.2 Å². The zero-order valence-electron chi connectivity index (χ0n) is 14.5. The van der Waals surface area contributed by atoms with E-state index in [9.17, 15) is 4.79 Å². The van der Waals surface area contributed by atoms with Gasteiger partial charge in [0.2, 0.25) is 5.91 Å². The minimum atomic E-state index is -0.207. The molecule has 0 fully saturated rings. The van der Waals surface area contributed by atoms with Gasteiger partial charge in [-0.2, -0.15) is 0 Å². The van der Waals surface area contributed by atoms with Crippen molar-refractivity contribution in [3.63, 3.8) is 0 Å². The van der Waals surface area contributed by atoms with Crippen LogP contribution in [0, 0.1) is 5.92 Å². The summed E-state index contributed by atoms with van der Waals surface area (Å²) in [6.45, 7) is 5.56.